The van der Waals surface area contributed by atoms with Crippen LogP contribution in [0.15, 0.2) is 54.1 Å². The standard InChI is InChI=1S/C16H11ClN2O2/c17-13-5-3-6-14(9-13)19-16(21)12(10-18)8-11-4-1-2-7-15(11)20/h1-9,20H,(H,19,21)/b12-8+. The fourth-order valence-corrected chi connectivity index (χ4v) is 1.87. The van der Waals surface area contributed by atoms with Gasteiger partial charge in [0.1, 0.15) is 17.4 Å². The summed E-state index contributed by atoms with van der Waals surface area (Å²) in [6.45, 7) is 0. The maximum absolute atomic E-state index is 12.0. The second kappa shape index (κ2) is 6.60. The Morgan fingerprint density at radius 1 is 1.24 bits per heavy atom. The van der Waals surface area contributed by atoms with Crippen molar-refractivity contribution in [1.82, 2.24) is 0 Å². The SMILES string of the molecule is N#C/C(=C\c1ccccc1O)C(=O)Nc1cccc(Cl)c1. The van der Waals surface area contributed by atoms with Gasteiger partial charge in [0.25, 0.3) is 5.91 Å². The summed E-state index contributed by atoms with van der Waals surface area (Å²) in [7, 11) is 0. The molecule has 2 rings (SSSR count). The van der Waals surface area contributed by atoms with Crippen LogP contribution >= 0.6 is 11.6 Å². The van der Waals surface area contributed by atoms with E-state index in [1.807, 2.05) is 6.07 Å². The molecule has 0 aliphatic carbocycles. The number of rotatable bonds is 3. The highest BCUT2D eigenvalue weighted by atomic mass is 35.5. The largest absolute Gasteiger partial charge is 0.507 e. The molecule has 0 aliphatic heterocycles. The lowest BCUT2D eigenvalue weighted by atomic mass is 10.1. The molecule has 0 saturated heterocycles. The van der Waals surface area contributed by atoms with Crippen molar-refractivity contribution in [1.29, 1.82) is 5.26 Å². The van der Waals surface area contributed by atoms with Crippen molar-refractivity contribution in [3.8, 4) is 11.8 Å². The number of anilines is 1. The molecule has 0 bridgehead atoms. The number of nitriles is 1. The van der Waals surface area contributed by atoms with Crippen LogP contribution in [0.3, 0.4) is 0 Å². The molecule has 0 spiro atoms. The molecule has 0 unspecified atom stereocenters. The number of halogens is 1. The van der Waals surface area contributed by atoms with Crippen LogP contribution in [0.1, 0.15) is 5.56 Å². The van der Waals surface area contributed by atoms with Crippen molar-refractivity contribution in [2.75, 3.05) is 5.32 Å². The highest BCUT2D eigenvalue weighted by Crippen LogP contribution is 2.20. The number of nitrogens with zero attached hydrogens (tertiary/aromatic N) is 1. The normalized spacial score (nSPS) is 10.8. The van der Waals surface area contributed by atoms with Gasteiger partial charge >= 0.3 is 0 Å². The quantitative estimate of drug-likeness (QED) is 0.672. The summed E-state index contributed by atoms with van der Waals surface area (Å²) in [5.74, 6) is -0.566. The topological polar surface area (TPSA) is 73.1 Å². The molecule has 1 amide bonds. The minimum absolute atomic E-state index is 0.000746. The monoisotopic (exact) mass is 298 g/mol. The fraction of sp³-hybridized carbons (Fsp3) is 0. The van der Waals surface area contributed by atoms with Gasteiger partial charge < -0.3 is 10.4 Å². The van der Waals surface area contributed by atoms with Crippen molar-refractivity contribution in [3.05, 3.63) is 64.7 Å². The molecule has 0 atom stereocenters. The second-order valence-electron chi connectivity index (χ2n) is 4.19. The van der Waals surface area contributed by atoms with Crippen LogP contribution in [0.4, 0.5) is 5.69 Å². The summed E-state index contributed by atoms with van der Waals surface area (Å²) in [6, 6.07) is 14.9. The number of hydrogen-bond acceptors (Lipinski definition) is 3. The average Bonchev–Trinajstić information content (AvgIpc) is 2.46. The number of phenols is 1. The molecule has 2 aromatic rings. The number of para-hydroxylation sites is 1. The number of nitrogens with one attached hydrogen (secondary N) is 1. The zero-order valence-electron chi connectivity index (χ0n) is 10.9. The van der Waals surface area contributed by atoms with E-state index in [2.05, 4.69) is 5.32 Å². The summed E-state index contributed by atoms with van der Waals surface area (Å²) < 4.78 is 0. The van der Waals surface area contributed by atoms with E-state index in [4.69, 9.17) is 16.9 Å². The first-order valence-corrected chi connectivity index (χ1v) is 6.44. The summed E-state index contributed by atoms with van der Waals surface area (Å²) >= 11 is 5.83. The summed E-state index contributed by atoms with van der Waals surface area (Å²) in [4.78, 5) is 12.0. The average molecular weight is 299 g/mol. The minimum atomic E-state index is -0.567. The Kier molecular flexibility index (Phi) is 4.60. The minimum Gasteiger partial charge on any atom is -0.507 e. The Morgan fingerprint density at radius 2 is 2.00 bits per heavy atom. The number of benzene rings is 2. The van der Waals surface area contributed by atoms with Gasteiger partial charge in [-0.2, -0.15) is 5.26 Å². The molecule has 5 heteroatoms. The highest BCUT2D eigenvalue weighted by Gasteiger charge is 2.10. The number of carbonyl (C=O) groups excluding carboxylic acids is 1. The van der Waals surface area contributed by atoms with Crippen LogP contribution in [-0.2, 0) is 4.79 Å². The van der Waals surface area contributed by atoms with Gasteiger partial charge in [0, 0.05) is 16.3 Å². The number of phenolic OH excluding ortho intramolecular Hbond substituents is 1. The van der Waals surface area contributed by atoms with E-state index in [-0.39, 0.29) is 11.3 Å². The third-order valence-corrected chi connectivity index (χ3v) is 2.92. The lowest BCUT2D eigenvalue weighted by Crippen LogP contribution is -2.13. The Morgan fingerprint density at radius 3 is 2.67 bits per heavy atom. The predicted octanol–water partition coefficient (Wildman–Crippen LogP) is 3.59. The van der Waals surface area contributed by atoms with Crippen molar-refractivity contribution in [2.45, 2.75) is 0 Å². The van der Waals surface area contributed by atoms with Gasteiger partial charge in [0.15, 0.2) is 0 Å². The van der Waals surface area contributed by atoms with Crippen molar-refractivity contribution < 1.29 is 9.90 Å². The Bertz CT molecular complexity index is 748. The van der Waals surface area contributed by atoms with Gasteiger partial charge in [0.2, 0.25) is 0 Å². The molecule has 4 nitrogen and oxygen atoms in total. The van der Waals surface area contributed by atoms with Crippen LogP contribution in [0.2, 0.25) is 5.02 Å². The molecule has 0 aromatic heterocycles. The van der Waals surface area contributed by atoms with Gasteiger partial charge in [-0.25, -0.2) is 0 Å². The molecular weight excluding hydrogens is 288 g/mol. The molecule has 0 radical (unpaired) electrons. The first-order chi connectivity index (χ1) is 10.1. The molecule has 21 heavy (non-hydrogen) atoms. The van der Waals surface area contributed by atoms with E-state index in [0.717, 1.165) is 0 Å². The van der Waals surface area contributed by atoms with Crippen LogP contribution in [0.25, 0.3) is 6.08 Å². The van der Waals surface area contributed by atoms with E-state index in [0.29, 0.717) is 16.3 Å². The van der Waals surface area contributed by atoms with E-state index in [9.17, 15) is 9.90 Å². The van der Waals surface area contributed by atoms with Crippen molar-refractivity contribution in [3.63, 3.8) is 0 Å². The number of aromatic hydroxyl groups is 1. The molecule has 0 heterocycles. The maximum atomic E-state index is 12.0. The van der Waals surface area contributed by atoms with E-state index >= 15 is 0 Å². The predicted molar refractivity (Wildman–Crippen MR) is 81.8 cm³/mol. The van der Waals surface area contributed by atoms with E-state index < -0.39 is 5.91 Å². The van der Waals surface area contributed by atoms with Gasteiger partial charge in [-0.1, -0.05) is 35.9 Å². The molecule has 2 aromatic carbocycles. The van der Waals surface area contributed by atoms with Crippen molar-refractivity contribution >= 4 is 29.3 Å². The molecule has 2 N–H and O–H groups in total. The van der Waals surface area contributed by atoms with Crippen molar-refractivity contribution in [2.24, 2.45) is 0 Å². The zero-order chi connectivity index (χ0) is 15.2. The number of hydrogen-bond donors (Lipinski definition) is 2. The smallest absolute Gasteiger partial charge is 0.266 e. The van der Waals surface area contributed by atoms with Gasteiger partial charge in [0.05, 0.1) is 0 Å². The van der Waals surface area contributed by atoms with E-state index in [1.54, 1.807) is 42.5 Å². The van der Waals surface area contributed by atoms with E-state index in [1.165, 1.54) is 12.1 Å². The maximum Gasteiger partial charge on any atom is 0.266 e. The Hall–Kier alpha value is -2.77. The van der Waals surface area contributed by atoms with Crippen LogP contribution in [-0.4, -0.2) is 11.0 Å². The van der Waals surface area contributed by atoms with Crippen LogP contribution < -0.4 is 5.32 Å². The van der Waals surface area contributed by atoms with Crippen LogP contribution in [0, 0.1) is 11.3 Å². The lowest BCUT2D eigenvalue weighted by Gasteiger charge is -2.05. The summed E-state index contributed by atoms with van der Waals surface area (Å²) in [5, 5.41) is 21.8. The molecule has 104 valence electrons. The Labute approximate surface area is 126 Å². The van der Waals surface area contributed by atoms with Gasteiger partial charge in [-0.3, -0.25) is 4.79 Å². The van der Waals surface area contributed by atoms with Gasteiger partial charge in [-0.05, 0) is 30.3 Å². The summed E-state index contributed by atoms with van der Waals surface area (Å²) in [6.07, 6.45) is 1.33. The molecule has 0 fully saturated rings. The summed E-state index contributed by atoms with van der Waals surface area (Å²) in [5.41, 5.74) is 0.776. The molecule has 0 saturated carbocycles. The fourth-order valence-electron chi connectivity index (χ4n) is 1.68. The first-order valence-electron chi connectivity index (χ1n) is 6.07. The highest BCUT2D eigenvalue weighted by molar-refractivity contribution is 6.31. The number of amides is 1. The molecular formula is C16H11ClN2O2. The zero-order valence-corrected chi connectivity index (χ0v) is 11.6. The van der Waals surface area contributed by atoms with Gasteiger partial charge in [-0.15, -0.1) is 0 Å². The second-order valence-corrected chi connectivity index (χ2v) is 4.63. The third-order valence-electron chi connectivity index (χ3n) is 2.68. The third kappa shape index (κ3) is 3.85. The first kappa shape index (κ1) is 14.6. The number of carbonyl (C=O) groups is 1. The molecule has 0 aliphatic rings. The Balaban J connectivity index is 2.24. The van der Waals surface area contributed by atoms with Crippen LogP contribution in [0.5, 0.6) is 5.75 Å². The lowest BCUT2D eigenvalue weighted by molar-refractivity contribution is -0.112.